The second-order valence-electron chi connectivity index (χ2n) is 16.5. The van der Waals surface area contributed by atoms with Crippen molar-refractivity contribution in [3.63, 3.8) is 0 Å². The molecule has 0 bridgehead atoms. The Morgan fingerprint density at radius 3 is 1.31 bits per heavy atom. The highest BCUT2D eigenvalue weighted by molar-refractivity contribution is 7.48. The van der Waals surface area contributed by atoms with Crippen LogP contribution in [0.2, 0.25) is 0 Å². The summed E-state index contributed by atoms with van der Waals surface area (Å²) in [6.07, 6.45) is 17.0. The molecule has 9 nitrogen and oxygen atoms in total. The molecular formula is C42H61N6O3P3. The van der Waals surface area contributed by atoms with Gasteiger partial charge in [0.05, 0.1) is 0 Å². The Balaban J connectivity index is 1.12. The van der Waals surface area contributed by atoms with Crippen molar-refractivity contribution >= 4 is 25.3 Å². The van der Waals surface area contributed by atoms with Gasteiger partial charge in [0, 0.05) is 47.4 Å². The fraction of sp³-hybridized carbons (Fsp3) is 0.571. The molecular weight excluding hydrogens is 729 g/mol. The van der Waals surface area contributed by atoms with Crippen molar-refractivity contribution in [3.8, 4) is 28.4 Å². The van der Waals surface area contributed by atoms with Crippen LogP contribution in [0.4, 0.5) is 0 Å². The predicted octanol–water partition coefficient (Wildman–Crippen LogP) is 9.97. The second-order valence-corrected chi connectivity index (χ2v) is 22.3. The number of allylic oxidation sites excluding steroid dienone is 3. The van der Waals surface area contributed by atoms with Crippen LogP contribution in [0.3, 0.4) is 0 Å². The van der Waals surface area contributed by atoms with Gasteiger partial charge in [0.15, 0.2) is 0 Å². The number of benzene rings is 2. The van der Waals surface area contributed by atoms with E-state index >= 15 is 0 Å². The zero-order chi connectivity index (χ0) is 37.8. The fourth-order valence-electron chi connectivity index (χ4n) is 10.4. The molecule has 0 spiro atoms. The van der Waals surface area contributed by atoms with Crippen LogP contribution in [0.5, 0.6) is 17.2 Å². The minimum absolute atomic E-state index is 0.459. The summed E-state index contributed by atoms with van der Waals surface area (Å²) in [5.74, 6) is 4.32. The van der Waals surface area contributed by atoms with E-state index in [1.54, 1.807) is 0 Å². The first-order valence-electron chi connectivity index (χ1n) is 20.0. The van der Waals surface area contributed by atoms with E-state index in [0.29, 0.717) is 54.0 Å². The summed E-state index contributed by atoms with van der Waals surface area (Å²) in [4.78, 5) is 0. The molecule has 0 radical (unpaired) electrons. The van der Waals surface area contributed by atoms with Gasteiger partial charge in [0.1, 0.15) is 17.2 Å². The average molecular weight is 791 g/mol. The molecule has 0 aromatic heterocycles. The molecule has 6 aliphatic rings. The molecule has 12 unspecified atom stereocenters. The standard InChI is InChI=1S/C42H61N6O3P3/c1-10-29-17-21-35-38(25-29)46(7)52(43(35)4)49-32-20-24-42(51-54-45(6)37-23-19-31(12-3)27-40(37)48(54)9)34(28-32)33-15-13-14-16-41(33)50-53-44(5)36-22-18-30(11-2)26-39(36)47(53)8/h10-16,20,24,28-31,35-40H,1-3,17-19,21-23,25-27H2,4-9H3. The SMILES string of the molecule is C=CC1CCC2C(C1)N(C)P(Oc1ccc(OP3N(C)C4CCC(C=C)CC4N3C)c(-c3ccccc3OP3N(C)C4CCC(C=C)CC4N3C)c1)N2C. The van der Waals surface area contributed by atoms with Crippen molar-refractivity contribution in [3.05, 3.63) is 80.4 Å². The fourth-order valence-corrected chi connectivity index (χ4v) is 16.5. The van der Waals surface area contributed by atoms with Gasteiger partial charge in [-0.3, -0.25) is 0 Å². The Bertz CT molecular complexity index is 1700. The summed E-state index contributed by atoms with van der Waals surface area (Å²) in [6.45, 7) is 12.4. The van der Waals surface area contributed by atoms with Gasteiger partial charge < -0.3 is 13.6 Å². The van der Waals surface area contributed by atoms with Gasteiger partial charge >= 0.3 is 0 Å². The molecule has 54 heavy (non-hydrogen) atoms. The maximum Gasteiger partial charge on any atom is 0.248 e. The molecule has 3 aliphatic heterocycles. The molecule has 3 heterocycles. The van der Waals surface area contributed by atoms with Crippen LogP contribution >= 0.6 is 25.3 Å². The predicted molar refractivity (Wildman–Crippen MR) is 226 cm³/mol. The van der Waals surface area contributed by atoms with Crippen LogP contribution in [0.25, 0.3) is 11.1 Å². The van der Waals surface area contributed by atoms with Gasteiger partial charge in [-0.1, -0.05) is 36.4 Å². The van der Waals surface area contributed by atoms with Crippen molar-refractivity contribution in [1.82, 2.24) is 28.0 Å². The lowest BCUT2D eigenvalue weighted by Crippen LogP contribution is -2.40. The Kier molecular flexibility index (Phi) is 11.7. The van der Waals surface area contributed by atoms with Crippen LogP contribution in [-0.2, 0) is 0 Å². The summed E-state index contributed by atoms with van der Waals surface area (Å²) in [7, 11) is 10.5. The van der Waals surface area contributed by atoms with E-state index in [4.69, 9.17) is 13.6 Å². The van der Waals surface area contributed by atoms with E-state index in [9.17, 15) is 0 Å². The van der Waals surface area contributed by atoms with Gasteiger partial charge in [-0.05, 0) is 142 Å². The Morgan fingerprint density at radius 1 is 0.481 bits per heavy atom. The van der Waals surface area contributed by atoms with Crippen LogP contribution in [0.1, 0.15) is 57.8 Å². The van der Waals surface area contributed by atoms with Crippen LogP contribution in [0, 0.1) is 17.8 Å². The number of fused-ring (bicyclic) bond motifs is 3. The van der Waals surface area contributed by atoms with Gasteiger partial charge in [-0.15, -0.1) is 19.7 Å². The van der Waals surface area contributed by atoms with Crippen molar-refractivity contribution in [2.45, 2.75) is 94.0 Å². The van der Waals surface area contributed by atoms with Crippen LogP contribution < -0.4 is 13.6 Å². The summed E-state index contributed by atoms with van der Waals surface area (Å²) >= 11 is 0. The third-order valence-corrected chi connectivity index (χ3v) is 19.8. The van der Waals surface area contributed by atoms with E-state index in [1.807, 2.05) is 0 Å². The highest BCUT2D eigenvalue weighted by Crippen LogP contribution is 2.61. The van der Waals surface area contributed by atoms with Crippen LogP contribution in [-0.4, -0.2) is 107 Å². The van der Waals surface area contributed by atoms with Crippen molar-refractivity contribution in [2.24, 2.45) is 17.8 Å². The first-order chi connectivity index (χ1) is 26.1. The zero-order valence-electron chi connectivity index (χ0n) is 33.2. The van der Waals surface area contributed by atoms with Crippen molar-refractivity contribution in [2.75, 3.05) is 42.3 Å². The zero-order valence-corrected chi connectivity index (χ0v) is 35.9. The van der Waals surface area contributed by atoms with Crippen molar-refractivity contribution in [1.29, 1.82) is 0 Å². The van der Waals surface area contributed by atoms with Gasteiger partial charge in [0.25, 0.3) is 0 Å². The molecule has 3 saturated heterocycles. The summed E-state index contributed by atoms with van der Waals surface area (Å²) in [6, 6.07) is 17.9. The van der Waals surface area contributed by atoms with Crippen molar-refractivity contribution < 1.29 is 13.6 Å². The van der Waals surface area contributed by atoms with Gasteiger partial charge in [-0.25, -0.2) is 28.0 Å². The molecule has 3 saturated carbocycles. The topological polar surface area (TPSA) is 47.1 Å². The molecule has 12 heteroatoms. The Morgan fingerprint density at radius 2 is 0.870 bits per heavy atom. The van der Waals surface area contributed by atoms with Gasteiger partial charge in [0.2, 0.25) is 25.3 Å². The van der Waals surface area contributed by atoms with E-state index in [0.717, 1.165) is 47.6 Å². The Labute approximate surface area is 328 Å². The lowest BCUT2D eigenvalue weighted by atomic mass is 9.82. The van der Waals surface area contributed by atoms with E-state index in [-0.39, 0.29) is 0 Å². The minimum atomic E-state index is -1.02. The molecule has 8 rings (SSSR count). The maximum absolute atomic E-state index is 7.21. The third kappa shape index (κ3) is 7.03. The van der Waals surface area contributed by atoms with Crippen LogP contribution in [0.15, 0.2) is 80.4 Å². The number of hydrogen-bond acceptors (Lipinski definition) is 9. The summed E-state index contributed by atoms with van der Waals surface area (Å²) in [5.41, 5.74) is 2.05. The molecule has 2 aromatic carbocycles. The molecule has 292 valence electrons. The highest BCUT2D eigenvalue weighted by Gasteiger charge is 2.51. The molecule has 0 N–H and O–H groups in total. The number of likely N-dealkylation sites (N-methyl/N-ethyl adjacent to an activating group) is 6. The molecule has 2 aromatic rings. The third-order valence-electron chi connectivity index (χ3n) is 13.6. The van der Waals surface area contributed by atoms with E-state index in [2.05, 4.69) is 151 Å². The van der Waals surface area contributed by atoms with Gasteiger partial charge in [-0.2, -0.15) is 0 Å². The maximum atomic E-state index is 7.21. The number of para-hydroxylation sites is 1. The number of nitrogens with zero attached hydrogens (tertiary/aromatic N) is 6. The summed E-state index contributed by atoms with van der Waals surface area (Å²) in [5, 5.41) is 0. The minimum Gasteiger partial charge on any atom is -0.444 e. The second kappa shape index (κ2) is 16.2. The Hall–Kier alpha value is -1.89. The lowest BCUT2D eigenvalue weighted by molar-refractivity contribution is 0.205. The monoisotopic (exact) mass is 790 g/mol. The first-order valence-corrected chi connectivity index (χ1v) is 23.5. The van der Waals surface area contributed by atoms with E-state index < -0.39 is 25.3 Å². The highest BCUT2D eigenvalue weighted by atomic mass is 31.2. The normalized spacial score (nSPS) is 38.0. The number of rotatable bonds is 10. The van der Waals surface area contributed by atoms with E-state index in [1.165, 1.54) is 38.5 Å². The largest absolute Gasteiger partial charge is 0.444 e. The molecule has 6 fully saturated rings. The summed E-state index contributed by atoms with van der Waals surface area (Å²) < 4.78 is 36.4. The number of hydrogen-bond donors (Lipinski definition) is 0. The lowest BCUT2D eigenvalue weighted by Gasteiger charge is -2.33. The molecule has 0 amide bonds. The smallest absolute Gasteiger partial charge is 0.248 e. The molecule has 3 aliphatic carbocycles. The first kappa shape index (κ1) is 39.0. The molecule has 12 atom stereocenters. The quantitative estimate of drug-likeness (QED) is 0.173. The average Bonchev–Trinajstić information content (AvgIpc) is 3.69.